The molecular formula is C18H23FN4O2. The van der Waals surface area contributed by atoms with Crippen molar-refractivity contribution in [2.75, 3.05) is 23.8 Å². The number of halogens is 1. The molecule has 25 heavy (non-hydrogen) atoms. The molecule has 134 valence electrons. The van der Waals surface area contributed by atoms with Crippen LogP contribution in [0.4, 0.5) is 15.9 Å². The SMILES string of the molecule is CN(C(=O)c1cnn2c1NCCC2C(C)(C)C)c1c(O)cccc1F. The van der Waals surface area contributed by atoms with Crippen LogP contribution in [-0.4, -0.2) is 34.4 Å². The monoisotopic (exact) mass is 346 g/mol. The molecule has 2 N–H and O–H groups in total. The lowest BCUT2D eigenvalue weighted by Gasteiger charge is -2.35. The van der Waals surface area contributed by atoms with Gasteiger partial charge < -0.3 is 15.3 Å². The van der Waals surface area contributed by atoms with Gasteiger partial charge in [0.05, 0.1) is 12.2 Å². The van der Waals surface area contributed by atoms with Crippen molar-refractivity contribution < 1.29 is 14.3 Å². The molecule has 1 aromatic carbocycles. The summed E-state index contributed by atoms with van der Waals surface area (Å²) >= 11 is 0. The highest BCUT2D eigenvalue weighted by Gasteiger charge is 2.34. The Balaban J connectivity index is 1.98. The lowest BCUT2D eigenvalue weighted by Crippen LogP contribution is -2.34. The van der Waals surface area contributed by atoms with E-state index in [1.807, 2.05) is 4.68 Å². The van der Waals surface area contributed by atoms with E-state index in [4.69, 9.17) is 0 Å². The van der Waals surface area contributed by atoms with E-state index in [2.05, 4.69) is 31.2 Å². The zero-order chi connectivity index (χ0) is 18.4. The molecule has 2 heterocycles. The number of rotatable bonds is 2. The van der Waals surface area contributed by atoms with Gasteiger partial charge in [-0.25, -0.2) is 9.07 Å². The number of para-hydroxylation sites is 1. The third kappa shape index (κ3) is 2.94. The Bertz CT molecular complexity index is 790. The van der Waals surface area contributed by atoms with Crippen LogP contribution >= 0.6 is 0 Å². The maximum absolute atomic E-state index is 14.1. The topological polar surface area (TPSA) is 70.4 Å². The molecule has 0 spiro atoms. The highest BCUT2D eigenvalue weighted by atomic mass is 19.1. The summed E-state index contributed by atoms with van der Waals surface area (Å²) in [5, 5.41) is 17.5. The Kier molecular flexibility index (Phi) is 4.18. The van der Waals surface area contributed by atoms with Gasteiger partial charge in [0.1, 0.15) is 22.8 Å². The second-order valence-corrected chi connectivity index (χ2v) is 7.42. The van der Waals surface area contributed by atoms with Crippen LogP contribution in [0.15, 0.2) is 24.4 Å². The van der Waals surface area contributed by atoms with Crippen LogP contribution in [0.2, 0.25) is 0 Å². The largest absolute Gasteiger partial charge is 0.506 e. The number of nitrogens with one attached hydrogen (secondary N) is 1. The van der Waals surface area contributed by atoms with Gasteiger partial charge in [-0.05, 0) is 24.0 Å². The molecule has 0 saturated heterocycles. The van der Waals surface area contributed by atoms with Gasteiger partial charge in [0.25, 0.3) is 5.91 Å². The lowest BCUT2D eigenvalue weighted by atomic mass is 9.84. The Morgan fingerprint density at radius 2 is 2.16 bits per heavy atom. The second kappa shape index (κ2) is 6.06. The number of hydrogen-bond acceptors (Lipinski definition) is 4. The van der Waals surface area contributed by atoms with E-state index < -0.39 is 11.7 Å². The fourth-order valence-electron chi connectivity index (χ4n) is 3.30. The Hall–Kier alpha value is -2.57. The minimum absolute atomic E-state index is 0.00110. The third-order valence-electron chi connectivity index (χ3n) is 4.64. The predicted molar refractivity (Wildman–Crippen MR) is 94.6 cm³/mol. The number of aromatic hydroxyl groups is 1. The number of anilines is 2. The summed E-state index contributed by atoms with van der Waals surface area (Å²) in [5.74, 6) is -0.725. The summed E-state index contributed by atoms with van der Waals surface area (Å²) in [5.41, 5.74) is 0.216. The van der Waals surface area contributed by atoms with Gasteiger partial charge in [0, 0.05) is 13.6 Å². The van der Waals surface area contributed by atoms with Crippen molar-refractivity contribution in [1.82, 2.24) is 9.78 Å². The number of aromatic nitrogens is 2. The van der Waals surface area contributed by atoms with Crippen molar-refractivity contribution in [3.63, 3.8) is 0 Å². The first-order valence-electron chi connectivity index (χ1n) is 8.28. The van der Waals surface area contributed by atoms with Crippen LogP contribution in [-0.2, 0) is 0 Å². The van der Waals surface area contributed by atoms with Crippen LogP contribution < -0.4 is 10.2 Å². The first-order chi connectivity index (χ1) is 11.7. The smallest absolute Gasteiger partial charge is 0.263 e. The molecule has 0 fully saturated rings. The lowest BCUT2D eigenvalue weighted by molar-refractivity contribution is 0.0991. The maximum atomic E-state index is 14.1. The fraction of sp³-hybridized carbons (Fsp3) is 0.444. The number of carbonyl (C=O) groups is 1. The van der Waals surface area contributed by atoms with E-state index in [-0.39, 0.29) is 22.9 Å². The molecule has 1 atom stereocenters. The van der Waals surface area contributed by atoms with Gasteiger partial charge in [-0.15, -0.1) is 0 Å². The van der Waals surface area contributed by atoms with E-state index in [1.165, 1.54) is 31.4 Å². The van der Waals surface area contributed by atoms with Crippen molar-refractivity contribution in [1.29, 1.82) is 0 Å². The van der Waals surface area contributed by atoms with Crippen LogP contribution in [0.3, 0.4) is 0 Å². The molecule has 1 aliphatic heterocycles. The second-order valence-electron chi connectivity index (χ2n) is 7.42. The molecule has 1 amide bonds. The van der Waals surface area contributed by atoms with Crippen LogP contribution in [0, 0.1) is 11.2 Å². The zero-order valence-electron chi connectivity index (χ0n) is 14.9. The van der Waals surface area contributed by atoms with Gasteiger partial charge >= 0.3 is 0 Å². The first kappa shape index (κ1) is 17.3. The number of hydrogen-bond donors (Lipinski definition) is 2. The number of amides is 1. The van der Waals surface area contributed by atoms with Crippen LogP contribution in [0.25, 0.3) is 0 Å². The molecule has 0 saturated carbocycles. The molecular weight excluding hydrogens is 323 g/mol. The van der Waals surface area contributed by atoms with E-state index in [0.717, 1.165) is 17.9 Å². The normalized spacial score (nSPS) is 16.9. The summed E-state index contributed by atoms with van der Waals surface area (Å²) in [4.78, 5) is 14.0. The van der Waals surface area contributed by atoms with Crippen molar-refractivity contribution >= 4 is 17.4 Å². The molecule has 1 unspecified atom stereocenters. The summed E-state index contributed by atoms with van der Waals surface area (Å²) < 4.78 is 15.9. The van der Waals surface area contributed by atoms with Crippen molar-refractivity contribution in [2.24, 2.45) is 5.41 Å². The van der Waals surface area contributed by atoms with Gasteiger partial charge in [-0.1, -0.05) is 26.8 Å². The predicted octanol–water partition coefficient (Wildman–Crippen LogP) is 3.41. The van der Waals surface area contributed by atoms with Crippen molar-refractivity contribution in [3.8, 4) is 5.75 Å². The Morgan fingerprint density at radius 1 is 1.44 bits per heavy atom. The van der Waals surface area contributed by atoms with Crippen LogP contribution in [0.5, 0.6) is 5.75 Å². The average Bonchev–Trinajstić information content (AvgIpc) is 2.96. The molecule has 3 rings (SSSR count). The first-order valence-corrected chi connectivity index (χ1v) is 8.28. The van der Waals surface area contributed by atoms with E-state index in [0.29, 0.717) is 11.4 Å². The van der Waals surface area contributed by atoms with Gasteiger partial charge in [-0.3, -0.25) is 4.79 Å². The fourth-order valence-corrected chi connectivity index (χ4v) is 3.30. The Labute approximate surface area is 146 Å². The summed E-state index contributed by atoms with van der Waals surface area (Å²) in [6, 6.07) is 4.12. The summed E-state index contributed by atoms with van der Waals surface area (Å²) in [6.07, 6.45) is 2.42. The molecule has 1 aliphatic rings. The number of benzene rings is 1. The van der Waals surface area contributed by atoms with Gasteiger partial charge in [0.2, 0.25) is 0 Å². The molecule has 0 radical (unpaired) electrons. The number of phenols is 1. The molecule has 6 nitrogen and oxygen atoms in total. The molecule has 0 bridgehead atoms. The number of nitrogens with zero attached hydrogens (tertiary/aromatic N) is 3. The van der Waals surface area contributed by atoms with Crippen molar-refractivity contribution in [3.05, 3.63) is 35.8 Å². The average molecular weight is 346 g/mol. The highest BCUT2D eigenvalue weighted by molar-refractivity contribution is 6.09. The quantitative estimate of drug-likeness (QED) is 0.874. The molecule has 1 aromatic heterocycles. The maximum Gasteiger partial charge on any atom is 0.263 e. The Morgan fingerprint density at radius 3 is 2.80 bits per heavy atom. The van der Waals surface area contributed by atoms with Gasteiger partial charge in [-0.2, -0.15) is 5.10 Å². The molecule has 2 aromatic rings. The van der Waals surface area contributed by atoms with E-state index >= 15 is 0 Å². The third-order valence-corrected chi connectivity index (χ3v) is 4.64. The molecule has 0 aliphatic carbocycles. The molecule has 7 heteroatoms. The van der Waals surface area contributed by atoms with Crippen LogP contribution in [0.1, 0.15) is 43.6 Å². The standard InChI is InChI=1S/C18H23FN4O2/c1-18(2,3)14-8-9-20-16-11(10-21-23(14)16)17(25)22(4)15-12(19)6-5-7-13(15)24/h5-7,10,14,20,24H,8-9H2,1-4H3. The number of carbonyl (C=O) groups excluding carboxylic acids is 1. The minimum atomic E-state index is -0.655. The summed E-state index contributed by atoms with van der Waals surface area (Å²) in [6.45, 7) is 7.15. The number of phenolic OH excluding ortho intramolecular Hbond substituents is 1. The van der Waals surface area contributed by atoms with E-state index in [9.17, 15) is 14.3 Å². The van der Waals surface area contributed by atoms with E-state index in [1.54, 1.807) is 0 Å². The summed E-state index contributed by atoms with van der Waals surface area (Å²) in [7, 11) is 1.44. The minimum Gasteiger partial charge on any atom is -0.506 e. The number of fused-ring (bicyclic) bond motifs is 1. The highest BCUT2D eigenvalue weighted by Crippen LogP contribution is 2.39. The zero-order valence-corrected chi connectivity index (χ0v) is 14.9. The van der Waals surface area contributed by atoms with Gasteiger partial charge in [0.15, 0.2) is 5.82 Å². The van der Waals surface area contributed by atoms with Crippen molar-refractivity contribution in [2.45, 2.75) is 33.2 Å².